The van der Waals surface area contributed by atoms with Gasteiger partial charge in [0, 0.05) is 5.56 Å². The topological polar surface area (TPSA) is 105 Å². The number of aromatic nitrogens is 2. The zero-order valence-electron chi connectivity index (χ0n) is 16.7. The van der Waals surface area contributed by atoms with Gasteiger partial charge in [0.15, 0.2) is 0 Å². The first-order valence-corrected chi connectivity index (χ1v) is 11.3. The molecule has 0 aliphatic carbocycles. The van der Waals surface area contributed by atoms with Crippen LogP contribution in [0.25, 0.3) is 11.4 Å². The molecule has 158 valence electrons. The molecular weight excluding hydrogens is 428 g/mol. The van der Waals surface area contributed by atoms with Gasteiger partial charge in [-0.15, -0.1) is 0 Å². The van der Waals surface area contributed by atoms with E-state index in [0.717, 1.165) is 16.1 Å². The molecule has 0 bridgehead atoms. The van der Waals surface area contributed by atoms with Crippen LogP contribution < -0.4 is 9.62 Å². The van der Waals surface area contributed by atoms with Crippen LogP contribution in [-0.2, 0) is 21.4 Å². The highest BCUT2D eigenvalue weighted by atomic mass is 35.5. The number of aryl methyl sites for hydroxylation is 1. The summed E-state index contributed by atoms with van der Waals surface area (Å²) in [5.74, 6) is -0.0261. The number of rotatable bonds is 7. The summed E-state index contributed by atoms with van der Waals surface area (Å²) in [6.07, 6.45) is 1.06. The molecule has 1 amide bonds. The van der Waals surface area contributed by atoms with Gasteiger partial charge in [0.05, 0.1) is 23.5 Å². The first-order valence-electron chi connectivity index (χ1n) is 9.08. The van der Waals surface area contributed by atoms with Gasteiger partial charge in [-0.3, -0.25) is 9.10 Å². The molecule has 0 radical (unpaired) electrons. The molecular formula is C20H21ClN4O4S. The van der Waals surface area contributed by atoms with Crippen molar-refractivity contribution >= 4 is 33.2 Å². The Labute approximate surface area is 179 Å². The number of carbonyl (C=O) groups excluding carboxylic acids is 1. The summed E-state index contributed by atoms with van der Waals surface area (Å²) in [5, 5.41) is 6.99. The Hall–Kier alpha value is -2.91. The number of anilines is 1. The lowest BCUT2D eigenvalue weighted by atomic mass is 10.2. The van der Waals surface area contributed by atoms with E-state index >= 15 is 0 Å². The Kier molecular flexibility index (Phi) is 6.42. The number of nitrogens with zero attached hydrogens (tertiary/aromatic N) is 3. The summed E-state index contributed by atoms with van der Waals surface area (Å²) in [7, 11) is -3.69. The number of halogens is 1. The van der Waals surface area contributed by atoms with Crippen LogP contribution in [0, 0.1) is 6.92 Å². The monoisotopic (exact) mass is 448 g/mol. The Bertz CT molecular complexity index is 1160. The molecule has 0 saturated carbocycles. The Balaban J connectivity index is 1.73. The molecule has 1 heterocycles. The van der Waals surface area contributed by atoms with Crippen molar-refractivity contribution < 1.29 is 17.7 Å². The summed E-state index contributed by atoms with van der Waals surface area (Å²) in [6, 6.07) is 13.0. The molecule has 1 aromatic heterocycles. The van der Waals surface area contributed by atoms with E-state index in [1.807, 2.05) is 13.0 Å². The molecule has 30 heavy (non-hydrogen) atoms. The maximum absolute atomic E-state index is 12.7. The lowest BCUT2D eigenvalue weighted by Gasteiger charge is -2.28. The number of nitrogens with one attached hydrogen (secondary N) is 1. The van der Waals surface area contributed by atoms with Crippen LogP contribution in [0.4, 0.5) is 5.69 Å². The van der Waals surface area contributed by atoms with Crippen molar-refractivity contribution in [3.05, 3.63) is 65.0 Å². The Morgan fingerprint density at radius 2 is 1.97 bits per heavy atom. The predicted molar refractivity (Wildman–Crippen MR) is 115 cm³/mol. The third-order valence-corrected chi connectivity index (χ3v) is 5.91. The second-order valence-corrected chi connectivity index (χ2v) is 9.05. The molecule has 1 N–H and O–H groups in total. The molecule has 0 aliphatic heterocycles. The van der Waals surface area contributed by atoms with Gasteiger partial charge in [-0.2, -0.15) is 4.98 Å². The summed E-state index contributed by atoms with van der Waals surface area (Å²) < 4.78 is 30.9. The first-order chi connectivity index (χ1) is 14.2. The number of hydrogen-bond donors (Lipinski definition) is 1. The molecule has 1 atom stereocenters. The van der Waals surface area contributed by atoms with Gasteiger partial charge in [-0.25, -0.2) is 8.42 Å². The lowest BCUT2D eigenvalue weighted by Crippen LogP contribution is -2.47. The van der Waals surface area contributed by atoms with Crippen LogP contribution in [0.15, 0.2) is 53.1 Å². The number of amides is 1. The van der Waals surface area contributed by atoms with Crippen LogP contribution in [0.2, 0.25) is 5.02 Å². The Morgan fingerprint density at radius 3 is 2.63 bits per heavy atom. The molecule has 0 aliphatic rings. The maximum Gasteiger partial charge on any atom is 0.246 e. The van der Waals surface area contributed by atoms with E-state index in [2.05, 4.69) is 15.5 Å². The Morgan fingerprint density at radius 1 is 1.23 bits per heavy atom. The lowest BCUT2D eigenvalue weighted by molar-refractivity contribution is -0.122. The second-order valence-electron chi connectivity index (χ2n) is 6.78. The minimum Gasteiger partial charge on any atom is -0.345 e. The van der Waals surface area contributed by atoms with Crippen molar-refractivity contribution in [2.45, 2.75) is 26.4 Å². The number of sulfonamides is 1. The number of carbonyl (C=O) groups is 1. The van der Waals surface area contributed by atoms with Crippen molar-refractivity contribution in [3.8, 4) is 11.4 Å². The van der Waals surface area contributed by atoms with Crippen LogP contribution in [0.5, 0.6) is 0 Å². The average Bonchev–Trinajstić information content (AvgIpc) is 3.14. The quantitative estimate of drug-likeness (QED) is 0.595. The minimum atomic E-state index is -3.69. The molecule has 3 aromatic rings. The fourth-order valence-corrected chi connectivity index (χ4v) is 4.35. The zero-order chi connectivity index (χ0) is 21.9. The highest BCUT2D eigenvalue weighted by Gasteiger charge is 2.29. The smallest absolute Gasteiger partial charge is 0.246 e. The molecule has 0 saturated heterocycles. The molecule has 0 unspecified atom stereocenters. The number of hydrogen-bond acceptors (Lipinski definition) is 6. The molecule has 8 nitrogen and oxygen atoms in total. The van der Waals surface area contributed by atoms with Crippen LogP contribution in [0.3, 0.4) is 0 Å². The van der Waals surface area contributed by atoms with Crippen LogP contribution >= 0.6 is 11.6 Å². The molecule has 10 heteroatoms. The van der Waals surface area contributed by atoms with Crippen molar-refractivity contribution in [2.24, 2.45) is 0 Å². The third-order valence-electron chi connectivity index (χ3n) is 4.34. The van der Waals surface area contributed by atoms with E-state index in [1.165, 1.54) is 6.92 Å². The average molecular weight is 449 g/mol. The summed E-state index contributed by atoms with van der Waals surface area (Å²) in [6.45, 7) is 3.31. The largest absolute Gasteiger partial charge is 0.345 e. The van der Waals surface area contributed by atoms with E-state index in [0.29, 0.717) is 22.1 Å². The van der Waals surface area contributed by atoms with Crippen molar-refractivity contribution in [1.82, 2.24) is 15.5 Å². The normalized spacial score (nSPS) is 12.4. The molecule has 0 spiro atoms. The van der Waals surface area contributed by atoms with Gasteiger partial charge in [-0.05, 0) is 43.7 Å². The minimum absolute atomic E-state index is 0.0496. The molecule has 3 rings (SSSR count). The standard InChI is InChI=1S/C20H21ClN4O4S/c1-13-7-6-8-15(11-13)25(30(3,27)28)14(2)20(26)22-12-18-23-19(24-29-18)16-9-4-5-10-17(16)21/h4-11,14H,12H2,1-3H3,(H,22,26)/t14-/m1/s1. The summed E-state index contributed by atoms with van der Waals surface area (Å²) >= 11 is 6.13. The van der Waals surface area contributed by atoms with Gasteiger partial charge in [0.2, 0.25) is 27.6 Å². The van der Waals surface area contributed by atoms with Gasteiger partial charge < -0.3 is 9.84 Å². The van der Waals surface area contributed by atoms with Crippen molar-refractivity contribution in [2.75, 3.05) is 10.6 Å². The fourth-order valence-electron chi connectivity index (χ4n) is 2.96. The SMILES string of the molecule is Cc1cccc(N([C@H](C)C(=O)NCc2nc(-c3ccccc3Cl)no2)S(C)(=O)=O)c1. The van der Waals surface area contributed by atoms with Gasteiger partial charge in [-0.1, -0.05) is 41.0 Å². The summed E-state index contributed by atoms with van der Waals surface area (Å²) in [5.41, 5.74) is 1.90. The number of benzene rings is 2. The van der Waals surface area contributed by atoms with Gasteiger partial charge in [0.1, 0.15) is 6.04 Å². The maximum atomic E-state index is 12.7. The van der Waals surface area contributed by atoms with Crippen molar-refractivity contribution in [3.63, 3.8) is 0 Å². The molecule has 0 fully saturated rings. The van der Waals surface area contributed by atoms with Gasteiger partial charge in [0.25, 0.3) is 0 Å². The van der Waals surface area contributed by atoms with E-state index in [4.69, 9.17) is 16.1 Å². The predicted octanol–water partition coefficient (Wildman–Crippen LogP) is 3.17. The summed E-state index contributed by atoms with van der Waals surface area (Å²) in [4.78, 5) is 16.9. The van der Waals surface area contributed by atoms with Crippen LogP contribution in [-0.4, -0.2) is 36.8 Å². The van der Waals surface area contributed by atoms with E-state index < -0.39 is 22.0 Å². The highest BCUT2D eigenvalue weighted by molar-refractivity contribution is 7.92. The van der Waals surface area contributed by atoms with E-state index in [9.17, 15) is 13.2 Å². The van der Waals surface area contributed by atoms with E-state index in [-0.39, 0.29) is 12.4 Å². The highest BCUT2D eigenvalue weighted by Crippen LogP contribution is 2.25. The van der Waals surface area contributed by atoms with Gasteiger partial charge >= 0.3 is 0 Å². The molecule has 2 aromatic carbocycles. The third kappa shape index (κ3) is 4.98. The first kappa shape index (κ1) is 21.8. The van der Waals surface area contributed by atoms with E-state index in [1.54, 1.807) is 42.5 Å². The second kappa shape index (κ2) is 8.85. The zero-order valence-corrected chi connectivity index (χ0v) is 18.2. The van der Waals surface area contributed by atoms with Crippen LogP contribution in [0.1, 0.15) is 18.4 Å². The fraction of sp³-hybridized carbons (Fsp3) is 0.250. The van der Waals surface area contributed by atoms with Crippen molar-refractivity contribution in [1.29, 1.82) is 0 Å².